The highest BCUT2D eigenvalue weighted by atomic mass is 31.3. The maximum absolute atomic E-state index is 12.4. The molecule has 0 aliphatic carbocycles. The molecule has 1 aromatic rings. The van der Waals surface area contributed by atoms with Crippen LogP contribution in [0.4, 0.5) is 0 Å². The Kier molecular flexibility index (Phi) is 7.68. The van der Waals surface area contributed by atoms with Gasteiger partial charge in [0.1, 0.15) is 17.8 Å². The van der Waals surface area contributed by atoms with E-state index in [1.165, 1.54) is 0 Å². The molecule has 1 aliphatic heterocycles. The van der Waals surface area contributed by atoms with Gasteiger partial charge in [0.05, 0.1) is 6.61 Å². The minimum atomic E-state index is -5.51. The number of aliphatic hydroxyl groups is 2. The average Bonchev–Trinajstić information content (AvgIpc) is 2.81. The second-order valence-electron chi connectivity index (χ2n) is 6.32. The Balaban J connectivity index is 2.17. The van der Waals surface area contributed by atoms with E-state index < -0.39 is 65.3 Å². The first-order valence-corrected chi connectivity index (χ1v) is 12.6. The number of hydrogen-bond acceptors (Lipinski definition) is 12. The summed E-state index contributed by atoms with van der Waals surface area (Å²) >= 11 is 0. The van der Waals surface area contributed by atoms with Gasteiger partial charge in [-0.25, -0.2) is 23.4 Å². The third kappa shape index (κ3) is 6.49. The zero-order valence-corrected chi connectivity index (χ0v) is 18.5. The van der Waals surface area contributed by atoms with E-state index in [1.54, 1.807) is 0 Å². The molecule has 0 saturated carbocycles. The molecule has 2 heterocycles. The molecule has 2 rings (SSSR count). The van der Waals surface area contributed by atoms with Gasteiger partial charge in [-0.05, 0) is 6.92 Å². The summed E-state index contributed by atoms with van der Waals surface area (Å²) < 4.78 is 47.1. The summed E-state index contributed by atoms with van der Waals surface area (Å²) in [5, 5.41) is 27.6. The standard InChI is InChI=1S/C11H20N3O14P3/c1-11(18)8(16)6(26-9(11)14-4-3-7(15)13-10(14)17)5-25-31(23,24-2)28-30(21,22)27-29(12,19)20/h3-4,6,8-9,16,18H,5H2,1-2H3,(H,21,22)(H3,12,19,20)(H,13,15,17)/t6-,8?,9-,11+,31?/m1/s1. The lowest BCUT2D eigenvalue weighted by atomic mass is 9.96. The number of H-pyrrole nitrogens is 1. The molecular formula is C11H20N3O14P3. The lowest BCUT2D eigenvalue weighted by Gasteiger charge is -2.27. The lowest BCUT2D eigenvalue weighted by Crippen LogP contribution is -2.46. The largest absolute Gasteiger partial charge is 0.488 e. The minimum Gasteiger partial charge on any atom is -0.387 e. The van der Waals surface area contributed by atoms with Crippen LogP contribution in [0.1, 0.15) is 13.2 Å². The van der Waals surface area contributed by atoms with Gasteiger partial charge in [0, 0.05) is 19.4 Å². The van der Waals surface area contributed by atoms with Crippen LogP contribution in [-0.4, -0.2) is 66.0 Å². The normalized spacial score (nSPS) is 30.6. The van der Waals surface area contributed by atoms with Crippen LogP contribution in [0.5, 0.6) is 0 Å². The van der Waals surface area contributed by atoms with Gasteiger partial charge < -0.3 is 29.6 Å². The topological polar surface area (TPSA) is 260 Å². The van der Waals surface area contributed by atoms with Crippen molar-refractivity contribution in [3.8, 4) is 0 Å². The Hall–Kier alpha value is -1.03. The Morgan fingerprint density at radius 1 is 1.29 bits per heavy atom. The summed E-state index contributed by atoms with van der Waals surface area (Å²) in [5.74, 6) is 0. The Bertz CT molecular complexity index is 1060. The maximum Gasteiger partial charge on any atom is 0.488 e. The summed E-state index contributed by atoms with van der Waals surface area (Å²) in [6.07, 6.45) is -3.80. The van der Waals surface area contributed by atoms with E-state index in [9.17, 15) is 33.8 Å². The highest BCUT2D eigenvalue weighted by Crippen LogP contribution is 2.68. The van der Waals surface area contributed by atoms with Crippen LogP contribution in [0.25, 0.3) is 0 Å². The SMILES string of the molecule is COP(=O)(OC[C@H]1O[C@@H](n2ccc(=O)[nH]c2=O)[C@@](C)(O)C1O)OP(=O)(O)OP(=N)(O)O. The number of ether oxygens (including phenoxy) is 1. The van der Waals surface area contributed by atoms with E-state index in [1.807, 2.05) is 4.98 Å². The summed E-state index contributed by atoms with van der Waals surface area (Å²) in [5.41, 5.74) is -3.81. The lowest BCUT2D eigenvalue weighted by molar-refractivity contribution is -0.0986. The molecule has 0 aromatic carbocycles. The van der Waals surface area contributed by atoms with Crippen LogP contribution in [0.3, 0.4) is 0 Å². The van der Waals surface area contributed by atoms with E-state index in [0.717, 1.165) is 30.9 Å². The van der Waals surface area contributed by atoms with Crippen molar-refractivity contribution in [1.82, 2.24) is 9.55 Å². The highest BCUT2D eigenvalue weighted by molar-refractivity contribution is 7.67. The van der Waals surface area contributed by atoms with Crippen molar-refractivity contribution in [2.45, 2.75) is 31.0 Å². The number of nitrogens with one attached hydrogen (secondary N) is 2. The third-order valence-electron chi connectivity index (χ3n) is 3.90. The van der Waals surface area contributed by atoms with E-state index in [4.69, 9.17) is 24.2 Å². The molecule has 31 heavy (non-hydrogen) atoms. The first-order chi connectivity index (χ1) is 14.0. The molecular weight excluding hydrogens is 491 g/mol. The first-order valence-electron chi connectivity index (χ1n) is 8.02. The molecule has 1 saturated heterocycles. The number of phosphoric acid groups is 2. The molecule has 1 aromatic heterocycles. The fourth-order valence-electron chi connectivity index (χ4n) is 2.55. The number of nitrogens with zero attached hydrogens (tertiary/aromatic N) is 1. The predicted octanol–water partition coefficient (Wildman–Crippen LogP) is -1.04. The van der Waals surface area contributed by atoms with Crippen LogP contribution >= 0.6 is 23.4 Å². The fraction of sp³-hybridized carbons (Fsp3) is 0.636. The molecule has 178 valence electrons. The summed E-state index contributed by atoms with van der Waals surface area (Å²) in [4.78, 5) is 52.0. The van der Waals surface area contributed by atoms with Crippen LogP contribution in [-0.2, 0) is 31.5 Å². The van der Waals surface area contributed by atoms with Crippen molar-refractivity contribution in [3.05, 3.63) is 33.1 Å². The number of phosphoric ester groups is 1. The summed E-state index contributed by atoms with van der Waals surface area (Å²) in [6.45, 7) is 0.207. The van der Waals surface area contributed by atoms with Crippen molar-refractivity contribution in [3.63, 3.8) is 0 Å². The first kappa shape index (κ1) is 26.2. The number of hydrogen-bond donors (Lipinski definition) is 7. The van der Waals surface area contributed by atoms with Crippen LogP contribution in [0, 0.1) is 5.16 Å². The molecule has 3 unspecified atom stereocenters. The highest BCUT2D eigenvalue weighted by Gasteiger charge is 2.54. The maximum atomic E-state index is 12.4. The van der Waals surface area contributed by atoms with Crippen molar-refractivity contribution in [2.24, 2.45) is 0 Å². The van der Waals surface area contributed by atoms with Gasteiger partial charge in [-0.15, -0.1) is 0 Å². The van der Waals surface area contributed by atoms with Crippen LogP contribution < -0.4 is 11.2 Å². The molecule has 0 spiro atoms. The zero-order valence-electron chi connectivity index (χ0n) is 15.8. The number of rotatable bonds is 9. The molecule has 20 heteroatoms. The number of aromatic nitrogens is 2. The van der Waals surface area contributed by atoms with Crippen molar-refractivity contribution >= 4 is 23.4 Å². The van der Waals surface area contributed by atoms with E-state index in [-0.39, 0.29) is 0 Å². The van der Waals surface area contributed by atoms with Gasteiger partial charge in [0.2, 0.25) is 0 Å². The molecule has 0 amide bonds. The zero-order chi connectivity index (χ0) is 23.8. The van der Waals surface area contributed by atoms with E-state index in [0.29, 0.717) is 0 Å². The van der Waals surface area contributed by atoms with Gasteiger partial charge in [0.25, 0.3) is 5.56 Å². The van der Waals surface area contributed by atoms with Crippen molar-refractivity contribution in [1.29, 1.82) is 5.16 Å². The molecule has 0 bridgehead atoms. The number of aliphatic hydroxyl groups excluding tert-OH is 1. The predicted molar refractivity (Wildman–Crippen MR) is 98.5 cm³/mol. The van der Waals surface area contributed by atoms with E-state index >= 15 is 0 Å². The van der Waals surface area contributed by atoms with E-state index in [2.05, 4.69) is 13.1 Å². The van der Waals surface area contributed by atoms with Gasteiger partial charge in [-0.2, -0.15) is 4.31 Å². The van der Waals surface area contributed by atoms with Gasteiger partial charge >= 0.3 is 29.1 Å². The molecule has 6 atom stereocenters. The van der Waals surface area contributed by atoms with Gasteiger partial charge in [0.15, 0.2) is 6.23 Å². The Labute approximate surface area is 173 Å². The molecule has 17 nitrogen and oxygen atoms in total. The number of aromatic amines is 1. The van der Waals surface area contributed by atoms with Crippen LogP contribution in [0.2, 0.25) is 0 Å². The minimum absolute atomic E-state index is 0.724. The Morgan fingerprint density at radius 2 is 1.90 bits per heavy atom. The quantitative estimate of drug-likeness (QED) is 0.195. The third-order valence-corrected chi connectivity index (χ3v) is 8.17. The average molecular weight is 511 g/mol. The second kappa shape index (κ2) is 9.08. The fourth-order valence-corrected chi connectivity index (χ4v) is 5.99. The van der Waals surface area contributed by atoms with Gasteiger partial charge in [-0.1, -0.05) is 0 Å². The van der Waals surface area contributed by atoms with Crippen molar-refractivity contribution < 1.29 is 56.4 Å². The van der Waals surface area contributed by atoms with Crippen LogP contribution in [0.15, 0.2) is 21.9 Å². The molecule has 7 N–H and O–H groups in total. The van der Waals surface area contributed by atoms with Gasteiger partial charge in [-0.3, -0.25) is 23.4 Å². The summed E-state index contributed by atoms with van der Waals surface area (Å²) in [6, 6.07) is 0.958. The molecule has 1 fully saturated rings. The smallest absolute Gasteiger partial charge is 0.387 e. The second-order valence-corrected chi connectivity index (χ2v) is 11.2. The Morgan fingerprint density at radius 3 is 2.42 bits per heavy atom. The molecule has 1 aliphatic rings. The monoisotopic (exact) mass is 511 g/mol. The summed E-state index contributed by atoms with van der Waals surface area (Å²) in [7, 11) is -14.8. The molecule has 0 radical (unpaired) electrons. The van der Waals surface area contributed by atoms with Crippen molar-refractivity contribution in [2.75, 3.05) is 13.7 Å².